The molecule has 4 N–H and O–H groups in total. The van der Waals surface area contributed by atoms with E-state index < -0.39 is 6.03 Å². The molecule has 1 aliphatic carbocycles. The molecule has 0 radical (unpaired) electrons. The molecule has 2 amide bonds. The van der Waals surface area contributed by atoms with Gasteiger partial charge in [0.05, 0.1) is 5.56 Å². The van der Waals surface area contributed by atoms with Crippen LogP contribution in [0.15, 0.2) is 6.07 Å². The van der Waals surface area contributed by atoms with E-state index in [4.69, 9.17) is 11.0 Å². The minimum atomic E-state index is -0.556. The van der Waals surface area contributed by atoms with Crippen molar-refractivity contribution in [1.29, 1.82) is 5.26 Å². The number of nitrogens with zero attached hydrogens (tertiary/aromatic N) is 2. The lowest BCUT2D eigenvalue weighted by molar-refractivity contribution is 0.249. The van der Waals surface area contributed by atoms with Crippen LogP contribution in [-0.2, 0) is 12.8 Å². The van der Waals surface area contributed by atoms with Gasteiger partial charge in [0.25, 0.3) is 0 Å². The Balaban J connectivity index is 2.03. The third kappa shape index (κ3) is 2.69. The molecular formula is C12H15N5O. The van der Waals surface area contributed by atoms with Crippen LogP contribution in [0.5, 0.6) is 0 Å². The van der Waals surface area contributed by atoms with E-state index in [2.05, 4.69) is 21.7 Å². The van der Waals surface area contributed by atoms with Crippen LogP contribution in [0.3, 0.4) is 0 Å². The van der Waals surface area contributed by atoms with E-state index in [1.807, 2.05) is 6.07 Å². The topological polar surface area (TPSA) is 104 Å². The van der Waals surface area contributed by atoms with Crippen molar-refractivity contribution in [3.8, 4) is 6.07 Å². The molecule has 0 saturated heterocycles. The average Bonchev–Trinajstić information content (AvgIpc) is 2.80. The van der Waals surface area contributed by atoms with Crippen molar-refractivity contribution in [2.45, 2.75) is 19.3 Å². The number of fused-ring (bicyclic) bond motifs is 1. The van der Waals surface area contributed by atoms with Crippen molar-refractivity contribution in [1.82, 2.24) is 10.3 Å². The number of hydrogen-bond acceptors (Lipinski definition) is 4. The van der Waals surface area contributed by atoms with Crippen LogP contribution in [0.1, 0.15) is 23.2 Å². The van der Waals surface area contributed by atoms with Crippen molar-refractivity contribution < 1.29 is 4.79 Å². The molecule has 0 saturated carbocycles. The summed E-state index contributed by atoms with van der Waals surface area (Å²) < 4.78 is 0. The number of carbonyl (C=O) groups is 1. The number of rotatable bonds is 4. The van der Waals surface area contributed by atoms with E-state index in [0.717, 1.165) is 25.0 Å². The van der Waals surface area contributed by atoms with Crippen LogP contribution in [0, 0.1) is 11.3 Å². The van der Waals surface area contributed by atoms with Crippen LogP contribution in [0.2, 0.25) is 0 Å². The molecule has 1 aromatic rings. The molecule has 6 nitrogen and oxygen atoms in total. The fraction of sp³-hybridized carbons (Fsp3) is 0.417. The van der Waals surface area contributed by atoms with Gasteiger partial charge in [-0.2, -0.15) is 5.26 Å². The maximum atomic E-state index is 10.5. The predicted molar refractivity (Wildman–Crippen MR) is 67.1 cm³/mol. The van der Waals surface area contributed by atoms with E-state index >= 15 is 0 Å². The number of aromatic nitrogens is 1. The number of amides is 2. The van der Waals surface area contributed by atoms with E-state index in [9.17, 15) is 4.79 Å². The molecule has 6 heteroatoms. The third-order valence-corrected chi connectivity index (χ3v) is 2.89. The molecule has 0 fully saturated rings. The Morgan fingerprint density at radius 1 is 1.50 bits per heavy atom. The number of pyridine rings is 1. The first-order valence-corrected chi connectivity index (χ1v) is 5.91. The van der Waals surface area contributed by atoms with Gasteiger partial charge in [-0.1, -0.05) is 0 Å². The van der Waals surface area contributed by atoms with Gasteiger partial charge < -0.3 is 16.4 Å². The van der Waals surface area contributed by atoms with E-state index in [1.54, 1.807) is 0 Å². The highest BCUT2D eigenvalue weighted by atomic mass is 16.2. The maximum absolute atomic E-state index is 10.5. The summed E-state index contributed by atoms with van der Waals surface area (Å²) in [6.07, 6.45) is 3.07. The molecule has 0 bridgehead atoms. The van der Waals surface area contributed by atoms with Crippen molar-refractivity contribution in [3.63, 3.8) is 0 Å². The summed E-state index contributed by atoms with van der Waals surface area (Å²) in [4.78, 5) is 15.0. The number of primary amides is 1. The monoisotopic (exact) mass is 245 g/mol. The van der Waals surface area contributed by atoms with Gasteiger partial charge >= 0.3 is 6.03 Å². The second-order valence-electron chi connectivity index (χ2n) is 4.17. The number of hydrogen-bond donors (Lipinski definition) is 3. The molecule has 0 unspecified atom stereocenters. The van der Waals surface area contributed by atoms with Crippen LogP contribution in [0.25, 0.3) is 0 Å². The number of anilines is 1. The summed E-state index contributed by atoms with van der Waals surface area (Å²) in [5, 5.41) is 14.6. The maximum Gasteiger partial charge on any atom is 0.312 e. The number of nitrogens with one attached hydrogen (secondary N) is 2. The quantitative estimate of drug-likeness (QED) is 0.673. The third-order valence-electron chi connectivity index (χ3n) is 2.89. The minimum absolute atomic E-state index is 0.402. The summed E-state index contributed by atoms with van der Waals surface area (Å²) >= 11 is 0. The van der Waals surface area contributed by atoms with Gasteiger partial charge in [0.15, 0.2) is 0 Å². The number of urea groups is 1. The minimum Gasteiger partial charge on any atom is -0.367 e. The Bertz CT molecular complexity index is 506. The number of carbonyl (C=O) groups excluding carboxylic acids is 1. The van der Waals surface area contributed by atoms with Gasteiger partial charge in [-0.25, -0.2) is 9.78 Å². The summed E-state index contributed by atoms with van der Waals surface area (Å²) in [7, 11) is 0. The summed E-state index contributed by atoms with van der Waals surface area (Å²) in [6, 6.07) is 3.48. The van der Waals surface area contributed by atoms with Gasteiger partial charge in [-0.05, 0) is 30.9 Å². The van der Waals surface area contributed by atoms with Crippen LogP contribution in [-0.4, -0.2) is 24.1 Å². The van der Waals surface area contributed by atoms with Gasteiger partial charge in [0, 0.05) is 18.8 Å². The van der Waals surface area contributed by atoms with Gasteiger partial charge in [-0.3, -0.25) is 0 Å². The first kappa shape index (κ1) is 12.2. The molecule has 0 aromatic carbocycles. The molecule has 0 atom stereocenters. The molecule has 0 aliphatic heterocycles. The zero-order valence-corrected chi connectivity index (χ0v) is 9.99. The molecule has 94 valence electrons. The second kappa shape index (κ2) is 5.36. The SMILES string of the molecule is N#Cc1cc2c(nc1NCCNC(N)=O)CCC2. The Morgan fingerprint density at radius 3 is 3.06 bits per heavy atom. The van der Waals surface area contributed by atoms with Gasteiger partial charge in [0.2, 0.25) is 0 Å². The van der Waals surface area contributed by atoms with Crippen molar-refractivity contribution in [2.75, 3.05) is 18.4 Å². The highest BCUT2D eigenvalue weighted by molar-refractivity contribution is 5.71. The Hall–Kier alpha value is -2.29. The second-order valence-corrected chi connectivity index (χ2v) is 4.17. The molecular weight excluding hydrogens is 230 g/mol. The summed E-state index contributed by atoms with van der Waals surface area (Å²) in [5.74, 6) is 0.587. The first-order chi connectivity index (χ1) is 8.70. The number of nitriles is 1. The smallest absolute Gasteiger partial charge is 0.312 e. The van der Waals surface area contributed by atoms with Crippen LogP contribution in [0.4, 0.5) is 10.6 Å². The Kier molecular flexibility index (Phi) is 3.63. The van der Waals surface area contributed by atoms with E-state index in [0.29, 0.717) is 24.5 Å². The number of nitrogens with two attached hydrogens (primary N) is 1. The predicted octanol–water partition coefficient (Wildman–Crippen LogP) is 0.522. The molecule has 18 heavy (non-hydrogen) atoms. The van der Waals surface area contributed by atoms with Gasteiger partial charge in [0.1, 0.15) is 11.9 Å². The van der Waals surface area contributed by atoms with E-state index in [-0.39, 0.29) is 0 Å². The van der Waals surface area contributed by atoms with Crippen LogP contribution < -0.4 is 16.4 Å². The molecule has 1 aliphatic rings. The molecule has 1 heterocycles. The lowest BCUT2D eigenvalue weighted by Crippen LogP contribution is -2.33. The largest absolute Gasteiger partial charge is 0.367 e. The fourth-order valence-corrected chi connectivity index (χ4v) is 2.06. The lowest BCUT2D eigenvalue weighted by atomic mass is 10.1. The zero-order chi connectivity index (χ0) is 13.0. The van der Waals surface area contributed by atoms with Crippen molar-refractivity contribution >= 4 is 11.8 Å². The average molecular weight is 245 g/mol. The Labute approximate surface area is 105 Å². The molecule has 1 aromatic heterocycles. The van der Waals surface area contributed by atoms with Gasteiger partial charge in [-0.15, -0.1) is 0 Å². The van der Waals surface area contributed by atoms with Crippen molar-refractivity contribution in [3.05, 3.63) is 22.9 Å². The molecule has 2 rings (SSSR count). The molecule has 0 spiro atoms. The summed E-state index contributed by atoms with van der Waals surface area (Å²) in [5.41, 5.74) is 7.75. The standard InChI is InChI=1S/C12H15N5O/c13-7-9-6-8-2-1-3-10(8)17-11(9)15-4-5-16-12(14)18/h6H,1-5H2,(H,15,17)(H3,14,16,18). The highest BCUT2D eigenvalue weighted by Gasteiger charge is 2.15. The first-order valence-electron chi connectivity index (χ1n) is 5.91. The summed E-state index contributed by atoms with van der Waals surface area (Å²) in [6.45, 7) is 0.891. The number of aryl methyl sites for hydroxylation is 2. The highest BCUT2D eigenvalue weighted by Crippen LogP contribution is 2.24. The van der Waals surface area contributed by atoms with Crippen LogP contribution >= 0.6 is 0 Å². The fourth-order valence-electron chi connectivity index (χ4n) is 2.06. The lowest BCUT2D eigenvalue weighted by Gasteiger charge is -2.09. The zero-order valence-electron chi connectivity index (χ0n) is 9.99. The van der Waals surface area contributed by atoms with Crippen molar-refractivity contribution in [2.24, 2.45) is 5.73 Å². The normalized spacial score (nSPS) is 12.6. The van der Waals surface area contributed by atoms with E-state index in [1.165, 1.54) is 5.56 Å². The Morgan fingerprint density at radius 2 is 2.33 bits per heavy atom.